The van der Waals surface area contributed by atoms with Gasteiger partial charge in [0.05, 0.1) is 0 Å². The maximum Gasteiger partial charge on any atom is 0.387 e. The van der Waals surface area contributed by atoms with Crippen molar-refractivity contribution >= 4 is 11.9 Å². The smallest absolute Gasteiger partial charge is 0.387 e. The second-order valence-electron chi connectivity index (χ2n) is 5.06. The third-order valence-corrected chi connectivity index (χ3v) is 3.38. The summed E-state index contributed by atoms with van der Waals surface area (Å²) in [7, 11) is 0. The number of nitrogens with one attached hydrogen (secondary N) is 1. The van der Waals surface area contributed by atoms with Crippen molar-refractivity contribution < 1.29 is 28.2 Å². The van der Waals surface area contributed by atoms with E-state index in [9.17, 15) is 18.4 Å². The fourth-order valence-corrected chi connectivity index (χ4v) is 1.76. The highest BCUT2D eigenvalue weighted by atomic mass is 19.3. The minimum absolute atomic E-state index is 0.0487. The molecule has 0 fully saturated rings. The van der Waals surface area contributed by atoms with E-state index in [1.807, 2.05) is 0 Å². The Morgan fingerprint density at radius 1 is 1.32 bits per heavy atom. The van der Waals surface area contributed by atoms with Gasteiger partial charge in [0, 0.05) is 6.42 Å². The summed E-state index contributed by atoms with van der Waals surface area (Å²) in [5.74, 6) is -1.41. The van der Waals surface area contributed by atoms with Gasteiger partial charge in [-0.05, 0) is 37.5 Å². The molecule has 1 atom stereocenters. The lowest BCUT2D eigenvalue weighted by Crippen LogP contribution is -2.51. The predicted molar refractivity (Wildman–Crippen MR) is 75.9 cm³/mol. The molecule has 2 N–H and O–H groups in total. The lowest BCUT2D eigenvalue weighted by molar-refractivity contribution is -0.147. The van der Waals surface area contributed by atoms with E-state index < -0.39 is 18.1 Å². The van der Waals surface area contributed by atoms with E-state index in [1.165, 1.54) is 19.1 Å². The Morgan fingerprint density at radius 3 is 2.36 bits per heavy atom. The first-order valence-electron chi connectivity index (χ1n) is 6.85. The summed E-state index contributed by atoms with van der Waals surface area (Å²) >= 11 is 0. The molecular weight excluding hydrogens is 296 g/mol. The van der Waals surface area contributed by atoms with E-state index in [0.717, 1.165) is 5.56 Å². The molecule has 1 rings (SSSR count). The highest BCUT2D eigenvalue weighted by Crippen LogP contribution is 2.16. The molecular formula is C15H19F2NO4. The minimum Gasteiger partial charge on any atom is -0.480 e. The van der Waals surface area contributed by atoms with E-state index in [4.69, 9.17) is 5.11 Å². The molecule has 0 saturated carbocycles. The van der Waals surface area contributed by atoms with Crippen molar-refractivity contribution in [2.75, 3.05) is 0 Å². The SMILES string of the molecule is CCC(C)(NC(=O)CCc1ccc(OC(F)F)cc1)C(=O)O. The number of carbonyl (C=O) groups excluding carboxylic acids is 1. The standard InChI is InChI=1S/C15H19F2NO4/c1-3-15(2,13(20)21)18-12(19)9-6-10-4-7-11(8-5-10)22-14(16)17/h4-5,7-8,14H,3,6,9H2,1-2H3,(H,18,19)(H,20,21). The summed E-state index contributed by atoms with van der Waals surface area (Å²) in [6.07, 6.45) is 0.756. The Kier molecular flexibility index (Phi) is 6.27. The highest BCUT2D eigenvalue weighted by molar-refractivity contribution is 5.86. The Morgan fingerprint density at radius 2 is 1.91 bits per heavy atom. The molecule has 122 valence electrons. The second-order valence-corrected chi connectivity index (χ2v) is 5.06. The summed E-state index contributed by atoms with van der Waals surface area (Å²) < 4.78 is 28.2. The Balaban J connectivity index is 2.52. The van der Waals surface area contributed by atoms with Crippen LogP contribution in [0.2, 0.25) is 0 Å². The monoisotopic (exact) mass is 315 g/mol. The largest absolute Gasteiger partial charge is 0.480 e. The Hall–Kier alpha value is -2.18. The molecule has 0 saturated heterocycles. The zero-order valence-electron chi connectivity index (χ0n) is 12.4. The quantitative estimate of drug-likeness (QED) is 0.773. The molecule has 0 aliphatic carbocycles. The number of amides is 1. The summed E-state index contributed by atoms with van der Waals surface area (Å²) in [4.78, 5) is 22.9. The molecule has 0 spiro atoms. The van der Waals surface area contributed by atoms with Gasteiger partial charge in [-0.1, -0.05) is 19.1 Å². The lowest BCUT2D eigenvalue weighted by Gasteiger charge is -2.24. The molecule has 7 heteroatoms. The lowest BCUT2D eigenvalue weighted by atomic mass is 9.98. The van der Waals surface area contributed by atoms with Crippen LogP contribution >= 0.6 is 0 Å². The first-order chi connectivity index (χ1) is 10.3. The van der Waals surface area contributed by atoms with Gasteiger partial charge in [0.25, 0.3) is 0 Å². The van der Waals surface area contributed by atoms with Crippen molar-refractivity contribution in [1.29, 1.82) is 0 Å². The number of hydrogen-bond donors (Lipinski definition) is 2. The predicted octanol–water partition coefficient (Wildman–Crippen LogP) is 2.59. The number of hydrogen-bond acceptors (Lipinski definition) is 3. The summed E-state index contributed by atoms with van der Waals surface area (Å²) in [5.41, 5.74) is -0.517. The number of carbonyl (C=O) groups is 2. The van der Waals surface area contributed by atoms with Crippen molar-refractivity contribution in [1.82, 2.24) is 5.32 Å². The average Bonchev–Trinajstić information content (AvgIpc) is 2.45. The zero-order chi connectivity index (χ0) is 16.8. The van der Waals surface area contributed by atoms with Gasteiger partial charge in [0.2, 0.25) is 5.91 Å². The maximum atomic E-state index is 12.0. The van der Waals surface area contributed by atoms with Gasteiger partial charge in [-0.3, -0.25) is 4.79 Å². The average molecular weight is 315 g/mol. The van der Waals surface area contributed by atoms with Gasteiger partial charge >= 0.3 is 12.6 Å². The number of alkyl halides is 2. The van der Waals surface area contributed by atoms with E-state index >= 15 is 0 Å². The van der Waals surface area contributed by atoms with Crippen LogP contribution in [0.1, 0.15) is 32.3 Å². The molecule has 0 aliphatic heterocycles. The van der Waals surface area contributed by atoms with Crippen LogP contribution in [-0.2, 0) is 16.0 Å². The number of benzene rings is 1. The van der Waals surface area contributed by atoms with Crippen LogP contribution < -0.4 is 10.1 Å². The van der Waals surface area contributed by atoms with Gasteiger partial charge in [0.1, 0.15) is 11.3 Å². The van der Waals surface area contributed by atoms with Gasteiger partial charge < -0.3 is 15.2 Å². The fraction of sp³-hybridized carbons (Fsp3) is 0.467. The van der Waals surface area contributed by atoms with Crippen molar-refractivity contribution in [2.45, 2.75) is 45.3 Å². The van der Waals surface area contributed by atoms with Gasteiger partial charge in [-0.15, -0.1) is 0 Å². The van der Waals surface area contributed by atoms with Crippen LogP contribution in [0.15, 0.2) is 24.3 Å². The number of aliphatic carboxylic acids is 1. The van der Waals surface area contributed by atoms with Crippen LogP contribution in [0.4, 0.5) is 8.78 Å². The molecule has 1 unspecified atom stereocenters. The van der Waals surface area contributed by atoms with Crippen molar-refractivity contribution in [3.05, 3.63) is 29.8 Å². The third-order valence-electron chi connectivity index (χ3n) is 3.38. The van der Waals surface area contributed by atoms with Crippen molar-refractivity contribution in [3.63, 3.8) is 0 Å². The zero-order valence-corrected chi connectivity index (χ0v) is 12.4. The first kappa shape index (κ1) is 17.9. The number of carboxylic acid groups (broad SMARTS) is 1. The molecule has 22 heavy (non-hydrogen) atoms. The van der Waals surface area contributed by atoms with Crippen molar-refractivity contribution in [2.24, 2.45) is 0 Å². The molecule has 0 aromatic heterocycles. The third kappa shape index (κ3) is 5.31. The first-order valence-corrected chi connectivity index (χ1v) is 6.85. The molecule has 1 aromatic carbocycles. The van der Waals surface area contributed by atoms with Crippen LogP contribution in [0.5, 0.6) is 5.75 Å². The van der Waals surface area contributed by atoms with Crippen LogP contribution in [0.25, 0.3) is 0 Å². The Labute approximate surface area is 127 Å². The number of aryl methyl sites for hydroxylation is 1. The van der Waals surface area contributed by atoms with E-state index in [2.05, 4.69) is 10.1 Å². The molecule has 1 amide bonds. The summed E-state index contributed by atoms with van der Waals surface area (Å²) in [5, 5.41) is 11.6. The van der Waals surface area contributed by atoms with E-state index in [-0.39, 0.29) is 24.5 Å². The topological polar surface area (TPSA) is 75.6 Å². The van der Waals surface area contributed by atoms with Crippen LogP contribution in [-0.4, -0.2) is 29.1 Å². The summed E-state index contributed by atoms with van der Waals surface area (Å²) in [6, 6.07) is 5.96. The minimum atomic E-state index is -2.88. The van der Waals surface area contributed by atoms with Crippen LogP contribution in [0, 0.1) is 0 Å². The van der Waals surface area contributed by atoms with Gasteiger partial charge in [-0.2, -0.15) is 8.78 Å². The molecule has 0 heterocycles. The molecule has 5 nitrogen and oxygen atoms in total. The number of carboxylic acids is 1. The van der Waals surface area contributed by atoms with E-state index in [0.29, 0.717) is 6.42 Å². The molecule has 0 radical (unpaired) electrons. The molecule has 0 bridgehead atoms. The number of ether oxygens (including phenoxy) is 1. The molecule has 0 aliphatic rings. The summed E-state index contributed by atoms with van der Waals surface area (Å²) in [6.45, 7) is 0.249. The van der Waals surface area contributed by atoms with E-state index in [1.54, 1.807) is 19.1 Å². The normalized spacial score (nSPS) is 13.5. The van der Waals surface area contributed by atoms with Crippen molar-refractivity contribution in [3.8, 4) is 5.75 Å². The maximum absolute atomic E-state index is 12.0. The number of halogens is 2. The van der Waals surface area contributed by atoms with Gasteiger partial charge in [0.15, 0.2) is 0 Å². The Bertz CT molecular complexity index is 519. The fourth-order valence-electron chi connectivity index (χ4n) is 1.76. The highest BCUT2D eigenvalue weighted by Gasteiger charge is 2.32. The van der Waals surface area contributed by atoms with Gasteiger partial charge in [-0.25, -0.2) is 4.79 Å². The second kappa shape index (κ2) is 7.72. The molecule has 1 aromatic rings. The number of rotatable bonds is 8. The van der Waals surface area contributed by atoms with Crippen LogP contribution in [0.3, 0.4) is 0 Å².